The van der Waals surface area contributed by atoms with Gasteiger partial charge < -0.3 is 14.2 Å². The third kappa shape index (κ3) is 55.7. The second kappa shape index (κ2) is 58.4. The van der Waals surface area contributed by atoms with Crippen LogP contribution in [0.3, 0.4) is 0 Å². The Morgan fingerprint density at radius 3 is 1.10 bits per heavy atom. The van der Waals surface area contributed by atoms with Crippen LogP contribution in [0.25, 0.3) is 0 Å². The Morgan fingerprint density at radius 2 is 0.662 bits per heavy atom. The van der Waals surface area contributed by atoms with E-state index in [9.17, 15) is 9.59 Å². The maximum Gasteiger partial charge on any atom is 0.306 e. The summed E-state index contributed by atoms with van der Waals surface area (Å²) in [6.45, 7) is 7.66. The first-order valence-electron chi connectivity index (χ1n) is 29.1. The summed E-state index contributed by atoms with van der Waals surface area (Å²) in [4.78, 5) is 25.5. The molecule has 0 aromatic rings. The molecular formula is C63H110O5. The molecule has 0 aromatic heterocycles. The van der Waals surface area contributed by atoms with E-state index in [2.05, 4.69) is 106 Å². The normalized spacial score (nSPS) is 12.8. The largest absolute Gasteiger partial charge is 0.462 e. The van der Waals surface area contributed by atoms with Gasteiger partial charge >= 0.3 is 11.9 Å². The molecule has 1 unspecified atom stereocenters. The van der Waals surface area contributed by atoms with Crippen molar-refractivity contribution in [3.63, 3.8) is 0 Å². The molecule has 0 aliphatic heterocycles. The van der Waals surface area contributed by atoms with Gasteiger partial charge in [0.05, 0.1) is 6.61 Å². The molecule has 68 heavy (non-hydrogen) atoms. The van der Waals surface area contributed by atoms with Crippen molar-refractivity contribution in [1.82, 2.24) is 0 Å². The van der Waals surface area contributed by atoms with Crippen LogP contribution in [0, 0.1) is 0 Å². The fourth-order valence-corrected chi connectivity index (χ4v) is 8.06. The second-order valence-electron chi connectivity index (χ2n) is 19.2. The van der Waals surface area contributed by atoms with E-state index in [4.69, 9.17) is 14.2 Å². The number of ether oxygens (including phenoxy) is 3. The van der Waals surface area contributed by atoms with Gasteiger partial charge in [-0.25, -0.2) is 0 Å². The maximum absolute atomic E-state index is 12.9. The molecule has 0 saturated heterocycles. The molecule has 0 rings (SSSR count). The van der Waals surface area contributed by atoms with Crippen LogP contribution in [0.15, 0.2) is 85.1 Å². The van der Waals surface area contributed by atoms with Crippen LogP contribution in [0.5, 0.6) is 0 Å². The van der Waals surface area contributed by atoms with Crippen LogP contribution >= 0.6 is 0 Å². The third-order valence-electron chi connectivity index (χ3n) is 12.4. The molecule has 0 aliphatic carbocycles. The van der Waals surface area contributed by atoms with Gasteiger partial charge in [0.2, 0.25) is 0 Å². The highest BCUT2D eigenvalue weighted by molar-refractivity contribution is 5.70. The SMILES string of the molecule is CC/C=C\C/C=C\C/C=C\CCCCCCCC(=O)OC(COCCCCCCCCC/C=C\C/C=C\C/C=C\CCCCC)COC(=O)CCCCCCCCC/C=C\CCCCCCCC. The van der Waals surface area contributed by atoms with Gasteiger partial charge in [-0.3, -0.25) is 9.59 Å². The Balaban J connectivity index is 4.32. The minimum absolute atomic E-state index is 0.0694. The number of rotatable bonds is 53. The number of hydrogen-bond donors (Lipinski definition) is 0. The molecule has 0 N–H and O–H groups in total. The molecule has 5 heteroatoms. The average molecular weight is 948 g/mol. The Bertz CT molecular complexity index is 1250. The van der Waals surface area contributed by atoms with E-state index >= 15 is 0 Å². The predicted octanol–water partition coefficient (Wildman–Crippen LogP) is 20.0. The van der Waals surface area contributed by atoms with E-state index in [0.717, 1.165) is 89.9 Å². The van der Waals surface area contributed by atoms with Crippen molar-refractivity contribution < 1.29 is 23.8 Å². The van der Waals surface area contributed by atoms with Crippen LogP contribution in [-0.4, -0.2) is 37.9 Å². The van der Waals surface area contributed by atoms with Crippen molar-refractivity contribution in [2.45, 2.75) is 284 Å². The lowest BCUT2D eigenvalue weighted by Crippen LogP contribution is -2.30. The highest BCUT2D eigenvalue weighted by Gasteiger charge is 2.17. The van der Waals surface area contributed by atoms with Gasteiger partial charge in [0, 0.05) is 19.4 Å². The number of unbranched alkanes of at least 4 members (excludes halogenated alkanes) is 28. The Morgan fingerprint density at radius 1 is 0.338 bits per heavy atom. The molecule has 0 amide bonds. The zero-order valence-corrected chi connectivity index (χ0v) is 45.1. The summed E-state index contributed by atoms with van der Waals surface area (Å²) >= 11 is 0. The quantitative estimate of drug-likeness (QED) is 0.0345. The Labute approximate surface area is 422 Å². The highest BCUT2D eigenvalue weighted by atomic mass is 16.6. The molecule has 0 saturated carbocycles. The van der Waals surface area contributed by atoms with E-state index in [1.807, 2.05) is 0 Å². The van der Waals surface area contributed by atoms with Crippen LogP contribution in [0.4, 0.5) is 0 Å². The van der Waals surface area contributed by atoms with E-state index in [-0.39, 0.29) is 25.2 Å². The van der Waals surface area contributed by atoms with Gasteiger partial charge in [-0.2, -0.15) is 0 Å². The van der Waals surface area contributed by atoms with Crippen molar-refractivity contribution in [3.8, 4) is 0 Å². The molecule has 0 aromatic carbocycles. The monoisotopic (exact) mass is 947 g/mol. The zero-order chi connectivity index (χ0) is 49.2. The van der Waals surface area contributed by atoms with Gasteiger partial charge in [-0.1, -0.05) is 234 Å². The lowest BCUT2D eigenvalue weighted by Gasteiger charge is -2.18. The van der Waals surface area contributed by atoms with Crippen LogP contribution < -0.4 is 0 Å². The van der Waals surface area contributed by atoms with Crippen LogP contribution in [-0.2, 0) is 23.8 Å². The molecule has 0 fully saturated rings. The van der Waals surface area contributed by atoms with Crippen molar-refractivity contribution in [2.24, 2.45) is 0 Å². The minimum atomic E-state index is -0.557. The summed E-state index contributed by atoms with van der Waals surface area (Å²) in [7, 11) is 0. The van der Waals surface area contributed by atoms with Gasteiger partial charge in [0.15, 0.2) is 6.10 Å². The summed E-state index contributed by atoms with van der Waals surface area (Å²) in [6, 6.07) is 0. The Kier molecular flexibility index (Phi) is 55.9. The predicted molar refractivity (Wildman–Crippen MR) is 297 cm³/mol. The molecule has 5 nitrogen and oxygen atoms in total. The van der Waals surface area contributed by atoms with E-state index in [1.165, 1.54) is 154 Å². The summed E-state index contributed by atoms with van der Waals surface area (Å²) in [5.74, 6) is -0.422. The van der Waals surface area contributed by atoms with E-state index in [1.54, 1.807) is 0 Å². The standard InChI is InChI=1S/C63H110O5/c1-4-7-10-13-16-19-22-25-28-30-31-32-34-37-40-43-46-49-52-55-58-66-59-61(68-63(65)57-54-51-48-45-42-39-35-27-24-21-18-15-12-9-6-3)60-67-62(64)56-53-50-47-44-41-38-36-33-29-26-23-20-17-14-11-8-5-2/h9,12,16,18-19,21,25-29,31-32,35,61H,4-8,10-11,13-15,17,20,22-24,30,33-34,36-60H2,1-3H3/b12-9-,19-16-,21-18-,28-25-,29-26-,32-31-,35-27-. The number of allylic oxidation sites excluding steroid dienone is 14. The van der Waals surface area contributed by atoms with Crippen molar-refractivity contribution in [3.05, 3.63) is 85.1 Å². The van der Waals surface area contributed by atoms with Crippen molar-refractivity contribution in [2.75, 3.05) is 19.8 Å². The summed E-state index contributed by atoms with van der Waals surface area (Å²) < 4.78 is 17.5. The zero-order valence-electron chi connectivity index (χ0n) is 45.1. The fourth-order valence-electron chi connectivity index (χ4n) is 8.06. The molecule has 0 heterocycles. The van der Waals surface area contributed by atoms with E-state index < -0.39 is 6.10 Å². The van der Waals surface area contributed by atoms with Gasteiger partial charge in [0.1, 0.15) is 6.61 Å². The first kappa shape index (κ1) is 65.1. The molecule has 392 valence electrons. The average Bonchev–Trinajstić information content (AvgIpc) is 3.34. The smallest absolute Gasteiger partial charge is 0.306 e. The second-order valence-corrected chi connectivity index (χ2v) is 19.2. The number of carbonyl (C=O) groups is 2. The van der Waals surface area contributed by atoms with Gasteiger partial charge in [-0.05, 0) is 116 Å². The van der Waals surface area contributed by atoms with Crippen LogP contribution in [0.1, 0.15) is 278 Å². The fraction of sp³-hybridized carbons (Fsp3) is 0.746. The lowest BCUT2D eigenvalue weighted by atomic mass is 10.1. The summed E-state index contributed by atoms with van der Waals surface area (Å²) in [5.41, 5.74) is 0. The molecular weight excluding hydrogens is 837 g/mol. The Hall–Kier alpha value is -2.92. The minimum Gasteiger partial charge on any atom is -0.462 e. The number of hydrogen-bond acceptors (Lipinski definition) is 5. The summed E-state index contributed by atoms with van der Waals surface area (Å²) in [6.07, 6.45) is 77.4. The topological polar surface area (TPSA) is 61.8 Å². The van der Waals surface area contributed by atoms with Gasteiger partial charge in [0.25, 0.3) is 0 Å². The van der Waals surface area contributed by atoms with Crippen LogP contribution in [0.2, 0.25) is 0 Å². The number of esters is 2. The molecule has 0 spiro atoms. The van der Waals surface area contributed by atoms with Crippen molar-refractivity contribution >= 4 is 11.9 Å². The first-order chi connectivity index (χ1) is 33.6. The summed E-state index contributed by atoms with van der Waals surface area (Å²) in [5, 5.41) is 0. The molecule has 0 bridgehead atoms. The highest BCUT2D eigenvalue weighted by Crippen LogP contribution is 2.14. The van der Waals surface area contributed by atoms with Crippen molar-refractivity contribution in [1.29, 1.82) is 0 Å². The number of carbonyl (C=O) groups excluding carboxylic acids is 2. The maximum atomic E-state index is 12.9. The van der Waals surface area contributed by atoms with Gasteiger partial charge in [-0.15, -0.1) is 0 Å². The third-order valence-corrected chi connectivity index (χ3v) is 12.4. The first-order valence-corrected chi connectivity index (χ1v) is 29.1. The molecule has 0 aliphatic rings. The molecule has 1 atom stereocenters. The lowest BCUT2D eigenvalue weighted by molar-refractivity contribution is -0.163. The van der Waals surface area contributed by atoms with E-state index in [0.29, 0.717) is 19.4 Å². The molecule has 0 radical (unpaired) electrons.